The zero-order chi connectivity index (χ0) is 28.1. The molecule has 2 fully saturated rings. The number of aryl methyl sites for hydroxylation is 1. The Kier molecular flexibility index (Phi) is 7.23. The van der Waals surface area contributed by atoms with Gasteiger partial charge >= 0.3 is 12.1 Å². The van der Waals surface area contributed by atoms with E-state index in [0.29, 0.717) is 18.0 Å². The van der Waals surface area contributed by atoms with Crippen molar-refractivity contribution in [2.45, 2.75) is 71.4 Å². The molecule has 1 saturated carbocycles. The summed E-state index contributed by atoms with van der Waals surface area (Å²) in [6.45, 7) is 9.82. The first-order valence-corrected chi connectivity index (χ1v) is 13.9. The predicted molar refractivity (Wildman–Crippen MR) is 152 cm³/mol. The molecule has 1 saturated heterocycles. The van der Waals surface area contributed by atoms with Crippen LogP contribution in [0.15, 0.2) is 36.4 Å². The Morgan fingerprint density at radius 2 is 1.72 bits per heavy atom. The summed E-state index contributed by atoms with van der Waals surface area (Å²) in [4.78, 5) is 27.3. The van der Waals surface area contributed by atoms with E-state index in [9.17, 15) is 14.7 Å². The Hall–Kier alpha value is -3.32. The molecule has 7 heteroatoms. The number of hydrogen-bond acceptors (Lipinski definition) is 5. The Balaban J connectivity index is 1.61. The minimum atomic E-state index is -0.967. The Bertz CT molecular complexity index is 1390. The van der Waals surface area contributed by atoms with E-state index in [-0.39, 0.29) is 17.4 Å². The van der Waals surface area contributed by atoms with E-state index in [1.807, 2.05) is 43.3 Å². The number of carbonyl (C=O) groups excluding carboxylic acids is 1. The third-order valence-corrected chi connectivity index (χ3v) is 8.61. The van der Waals surface area contributed by atoms with Gasteiger partial charge < -0.3 is 14.6 Å². The van der Waals surface area contributed by atoms with Crippen LogP contribution in [0, 0.1) is 18.8 Å². The fourth-order valence-electron chi connectivity index (χ4n) is 6.68. The number of hydrogen-bond donors (Lipinski definition) is 1. The highest BCUT2D eigenvalue weighted by Crippen LogP contribution is 2.48. The molecule has 0 amide bonds. The van der Waals surface area contributed by atoms with Crippen molar-refractivity contribution in [3.8, 4) is 5.75 Å². The van der Waals surface area contributed by atoms with Crippen molar-refractivity contribution in [1.29, 1.82) is 0 Å². The second-order valence-corrected chi connectivity index (χ2v) is 12.3. The lowest BCUT2D eigenvalue weighted by Crippen LogP contribution is -2.38. The molecule has 7 nitrogen and oxygen atoms in total. The zero-order valence-corrected chi connectivity index (χ0v) is 23.9. The maximum absolute atomic E-state index is 12.8. The number of carbonyl (C=O) groups is 2. The minimum absolute atomic E-state index is 0.139. The number of aromatic nitrogens is 1. The lowest BCUT2D eigenvalue weighted by atomic mass is 9.82. The first-order chi connectivity index (χ1) is 18.5. The zero-order valence-electron chi connectivity index (χ0n) is 23.9. The van der Waals surface area contributed by atoms with Crippen LogP contribution in [0.5, 0.6) is 5.75 Å². The summed E-state index contributed by atoms with van der Waals surface area (Å²) in [5, 5.41) is 11.4. The molecule has 1 aromatic heterocycles. The normalized spacial score (nSPS) is 20.3. The number of nitrogens with zero attached hydrogens (tertiary/aromatic N) is 2. The van der Waals surface area contributed by atoms with E-state index in [4.69, 9.17) is 9.47 Å². The molecule has 1 N–H and O–H groups in total. The molecule has 0 bridgehead atoms. The van der Waals surface area contributed by atoms with Gasteiger partial charge in [-0.2, -0.15) is 0 Å². The van der Waals surface area contributed by atoms with Gasteiger partial charge in [0.15, 0.2) is 0 Å². The van der Waals surface area contributed by atoms with E-state index in [2.05, 4.69) is 25.7 Å². The van der Waals surface area contributed by atoms with Gasteiger partial charge in [0.2, 0.25) is 0 Å². The molecule has 3 aromatic rings. The summed E-state index contributed by atoms with van der Waals surface area (Å²) in [5.41, 5.74) is 4.89. The lowest BCUT2D eigenvalue weighted by Gasteiger charge is -2.40. The Labute approximate surface area is 230 Å². The monoisotopic (exact) mass is 532 g/mol. The fourth-order valence-corrected chi connectivity index (χ4v) is 6.68. The third-order valence-electron chi connectivity index (χ3n) is 8.61. The number of piperidine rings is 1. The Morgan fingerprint density at radius 1 is 1.03 bits per heavy atom. The van der Waals surface area contributed by atoms with Crippen LogP contribution in [0.25, 0.3) is 10.9 Å². The summed E-state index contributed by atoms with van der Waals surface area (Å²) in [6, 6.07) is 11.8. The van der Waals surface area contributed by atoms with Crippen molar-refractivity contribution in [1.82, 2.24) is 9.47 Å². The molecule has 1 aliphatic carbocycles. The van der Waals surface area contributed by atoms with Crippen molar-refractivity contribution in [2.75, 3.05) is 20.8 Å². The summed E-state index contributed by atoms with van der Waals surface area (Å²) < 4.78 is 12.0. The summed E-state index contributed by atoms with van der Waals surface area (Å²) >= 11 is 0. The third kappa shape index (κ3) is 5.17. The van der Waals surface area contributed by atoms with Crippen molar-refractivity contribution in [3.05, 3.63) is 64.3 Å². The van der Waals surface area contributed by atoms with Crippen molar-refractivity contribution < 1.29 is 24.2 Å². The van der Waals surface area contributed by atoms with E-state index >= 15 is 0 Å². The average molecular weight is 533 g/mol. The van der Waals surface area contributed by atoms with Crippen LogP contribution in [0.3, 0.4) is 0 Å². The molecular weight excluding hydrogens is 492 g/mol. The maximum Gasteiger partial charge on any atom is 0.416 e. The van der Waals surface area contributed by atoms with Crippen LogP contribution in [-0.2, 0) is 16.7 Å². The minimum Gasteiger partial charge on any atom is -0.497 e. The van der Waals surface area contributed by atoms with Gasteiger partial charge in [-0.1, -0.05) is 32.9 Å². The fraction of sp³-hybridized carbons (Fsp3) is 0.500. The van der Waals surface area contributed by atoms with Gasteiger partial charge in [0.1, 0.15) is 5.75 Å². The van der Waals surface area contributed by atoms with Gasteiger partial charge in [0.05, 0.1) is 25.3 Å². The first-order valence-electron chi connectivity index (χ1n) is 13.9. The van der Waals surface area contributed by atoms with Crippen LogP contribution >= 0.6 is 0 Å². The van der Waals surface area contributed by atoms with Crippen LogP contribution in [0.2, 0.25) is 0 Å². The summed E-state index contributed by atoms with van der Waals surface area (Å²) in [6.07, 6.45) is 3.80. The molecule has 0 radical (unpaired) electrons. The number of methoxy groups -OCH3 is 2. The topological polar surface area (TPSA) is 81.0 Å². The highest BCUT2D eigenvalue weighted by Gasteiger charge is 2.39. The molecule has 2 aliphatic rings. The molecule has 2 heterocycles. The van der Waals surface area contributed by atoms with Gasteiger partial charge in [0.25, 0.3) is 0 Å². The van der Waals surface area contributed by atoms with Crippen molar-refractivity contribution in [3.63, 3.8) is 0 Å². The van der Waals surface area contributed by atoms with E-state index in [0.717, 1.165) is 64.3 Å². The molecule has 1 aliphatic heterocycles. The largest absolute Gasteiger partial charge is 0.497 e. The predicted octanol–water partition coefficient (Wildman–Crippen LogP) is 6.93. The van der Waals surface area contributed by atoms with Gasteiger partial charge in [-0.05, 0) is 97.4 Å². The van der Waals surface area contributed by atoms with Crippen molar-refractivity contribution in [2.24, 2.45) is 11.8 Å². The summed E-state index contributed by atoms with van der Waals surface area (Å²) in [5.74, 6) is 1.86. The maximum atomic E-state index is 12.8. The lowest BCUT2D eigenvalue weighted by molar-refractivity contribution is 0.0600. The van der Waals surface area contributed by atoms with Crippen LogP contribution < -0.4 is 4.74 Å². The van der Waals surface area contributed by atoms with Crippen LogP contribution in [0.4, 0.5) is 4.79 Å². The molecule has 5 rings (SSSR count). The highest BCUT2D eigenvalue weighted by molar-refractivity contribution is 5.96. The Morgan fingerprint density at radius 3 is 2.28 bits per heavy atom. The number of rotatable bonds is 6. The van der Waals surface area contributed by atoms with E-state index in [1.165, 1.54) is 24.5 Å². The smallest absolute Gasteiger partial charge is 0.416 e. The van der Waals surface area contributed by atoms with Gasteiger partial charge in [-0.15, -0.1) is 0 Å². The molecule has 208 valence electrons. The van der Waals surface area contributed by atoms with Gasteiger partial charge in [0, 0.05) is 23.7 Å². The van der Waals surface area contributed by atoms with Crippen LogP contribution in [0.1, 0.15) is 85.2 Å². The summed E-state index contributed by atoms with van der Waals surface area (Å²) in [7, 11) is 3.04. The number of benzene rings is 2. The molecule has 2 aromatic carbocycles. The molecule has 2 atom stereocenters. The molecule has 1 unspecified atom stereocenters. The number of esters is 1. The number of fused-ring (bicyclic) bond motifs is 1. The second-order valence-electron chi connectivity index (χ2n) is 12.3. The van der Waals surface area contributed by atoms with Crippen molar-refractivity contribution >= 4 is 23.0 Å². The molecule has 39 heavy (non-hydrogen) atoms. The first kappa shape index (κ1) is 27.3. The van der Waals surface area contributed by atoms with Gasteiger partial charge in [-0.3, -0.25) is 4.90 Å². The number of likely N-dealkylation sites (tertiary alicyclic amines) is 1. The average Bonchev–Trinajstić information content (AvgIpc) is 3.69. The SMILES string of the molecule is COC(=O)c1ccc([C@@H]2CC(C3CC3)CCN2Cc2c(C(C)(C)C)c3cc(OC)cc(C)c3n2C(=O)O)cc1. The number of ether oxygens (including phenoxy) is 2. The second kappa shape index (κ2) is 10.3. The van der Waals surface area contributed by atoms with E-state index < -0.39 is 6.09 Å². The van der Waals surface area contributed by atoms with Crippen LogP contribution in [-0.4, -0.2) is 47.4 Å². The quantitative estimate of drug-likeness (QED) is 0.347. The van der Waals surface area contributed by atoms with Gasteiger partial charge in [-0.25, -0.2) is 14.2 Å². The number of carboxylic acid groups (broad SMARTS) is 1. The highest BCUT2D eigenvalue weighted by atomic mass is 16.5. The standard InChI is InChI=1S/C32H40N2O5/c1-19-15-24(38-5)17-25-28(32(2,3)4)27(34(29(19)25)31(36)37)18-33-14-13-23(20-7-8-20)16-26(33)21-9-11-22(12-10-21)30(35)39-6/h9-12,15,17,20,23,26H,7-8,13-14,16,18H2,1-6H3,(H,36,37)/t23?,26-/m0/s1. The molecular formula is C32H40N2O5. The van der Waals surface area contributed by atoms with E-state index in [1.54, 1.807) is 7.11 Å². The molecule has 0 spiro atoms.